The first-order valence-corrected chi connectivity index (χ1v) is 7.66. The van der Waals surface area contributed by atoms with Crippen molar-refractivity contribution in [1.29, 1.82) is 0 Å². The van der Waals surface area contributed by atoms with Crippen molar-refractivity contribution in [2.24, 2.45) is 28.8 Å². The zero-order chi connectivity index (χ0) is 13.5. The van der Waals surface area contributed by atoms with Gasteiger partial charge in [-0.25, -0.2) is 4.79 Å². The Morgan fingerprint density at radius 1 is 1.15 bits per heavy atom. The van der Waals surface area contributed by atoms with Crippen LogP contribution in [-0.4, -0.2) is 11.7 Å². The van der Waals surface area contributed by atoms with Gasteiger partial charge in [0.05, 0.1) is 11.3 Å². The van der Waals surface area contributed by atoms with E-state index in [1.165, 1.54) is 25.7 Å². The van der Waals surface area contributed by atoms with E-state index in [2.05, 4.69) is 5.16 Å². The maximum Gasteiger partial charge on any atom is 0.365 e. The molecule has 3 heteroatoms. The predicted molar refractivity (Wildman–Crippen MR) is 76.3 cm³/mol. The Morgan fingerprint density at radius 2 is 1.95 bits per heavy atom. The minimum atomic E-state index is -0.344. The van der Waals surface area contributed by atoms with E-state index in [4.69, 9.17) is 4.84 Å². The van der Waals surface area contributed by atoms with Gasteiger partial charge in [-0.1, -0.05) is 29.8 Å². The van der Waals surface area contributed by atoms with Gasteiger partial charge in [-0.15, -0.1) is 0 Å². The number of hydrogen-bond acceptors (Lipinski definition) is 3. The van der Waals surface area contributed by atoms with Crippen LogP contribution in [-0.2, 0) is 4.84 Å². The number of carbonyl (C=O) groups is 1. The van der Waals surface area contributed by atoms with E-state index in [1.807, 2.05) is 18.2 Å². The maximum atomic E-state index is 11.9. The molecule has 0 radical (unpaired) electrons. The monoisotopic (exact) mass is 269 g/mol. The Morgan fingerprint density at radius 3 is 2.80 bits per heavy atom. The van der Waals surface area contributed by atoms with E-state index in [0.29, 0.717) is 11.5 Å². The molecule has 2 bridgehead atoms. The van der Waals surface area contributed by atoms with Gasteiger partial charge in [-0.2, -0.15) is 0 Å². The van der Waals surface area contributed by atoms with Crippen molar-refractivity contribution in [3.05, 3.63) is 35.9 Å². The van der Waals surface area contributed by atoms with Crippen LogP contribution in [0.25, 0.3) is 0 Å². The Balaban J connectivity index is 1.46. The zero-order valence-electron chi connectivity index (χ0n) is 11.5. The number of benzene rings is 1. The van der Waals surface area contributed by atoms with Crippen molar-refractivity contribution >= 4 is 11.7 Å². The molecule has 3 fully saturated rings. The Labute approximate surface area is 119 Å². The van der Waals surface area contributed by atoms with Gasteiger partial charge in [0, 0.05) is 5.92 Å². The van der Waals surface area contributed by atoms with Gasteiger partial charge in [0.25, 0.3) is 0 Å². The smallest absolute Gasteiger partial charge is 0.313 e. The van der Waals surface area contributed by atoms with E-state index >= 15 is 0 Å². The average molecular weight is 269 g/mol. The van der Waals surface area contributed by atoms with Crippen LogP contribution >= 0.6 is 0 Å². The number of nitrogens with zero attached hydrogens (tertiary/aromatic N) is 1. The van der Waals surface area contributed by atoms with E-state index in [-0.39, 0.29) is 5.97 Å². The van der Waals surface area contributed by atoms with Crippen molar-refractivity contribution in [3.8, 4) is 0 Å². The van der Waals surface area contributed by atoms with Crippen molar-refractivity contribution in [2.45, 2.75) is 32.1 Å². The first-order valence-electron chi connectivity index (χ1n) is 7.66. The molecule has 3 nitrogen and oxygen atoms in total. The summed E-state index contributed by atoms with van der Waals surface area (Å²) in [6.45, 7) is 0. The molecule has 4 rings (SSSR count). The third-order valence-electron chi connectivity index (χ3n) is 5.46. The molecular formula is C17H19NO2. The normalized spacial score (nSPS) is 36.3. The summed E-state index contributed by atoms with van der Waals surface area (Å²) in [5, 5.41) is 4.21. The van der Waals surface area contributed by atoms with Crippen molar-refractivity contribution < 1.29 is 9.63 Å². The Hall–Kier alpha value is -1.64. The third kappa shape index (κ3) is 1.88. The molecule has 0 heterocycles. The summed E-state index contributed by atoms with van der Waals surface area (Å²) in [5.41, 5.74) is 1.71. The molecular weight excluding hydrogens is 250 g/mol. The fourth-order valence-corrected chi connectivity index (χ4v) is 4.65. The predicted octanol–water partition coefficient (Wildman–Crippen LogP) is 3.66. The molecule has 4 atom stereocenters. The summed E-state index contributed by atoms with van der Waals surface area (Å²) in [6, 6.07) is 9.08. The summed E-state index contributed by atoms with van der Waals surface area (Å²) in [5.74, 6) is 2.81. The highest BCUT2D eigenvalue weighted by atomic mass is 16.7. The summed E-state index contributed by atoms with van der Waals surface area (Å²) < 4.78 is 0. The van der Waals surface area contributed by atoms with E-state index in [1.54, 1.807) is 12.1 Å². The second kappa shape index (κ2) is 4.72. The highest BCUT2D eigenvalue weighted by Gasteiger charge is 2.52. The van der Waals surface area contributed by atoms with Crippen LogP contribution in [0.4, 0.5) is 0 Å². The summed E-state index contributed by atoms with van der Waals surface area (Å²) >= 11 is 0. The first-order chi connectivity index (χ1) is 9.83. The van der Waals surface area contributed by atoms with Crippen LogP contribution in [0.2, 0.25) is 0 Å². The fraction of sp³-hybridized carbons (Fsp3) is 0.529. The minimum Gasteiger partial charge on any atom is -0.313 e. The van der Waals surface area contributed by atoms with Crippen molar-refractivity contribution in [2.75, 3.05) is 0 Å². The lowest BCUT2D eigenvalue weighted by atomic mass is 9.81. The van der Waals surface area contributed by atoms with Crippen LogP contribution in [0, 0.1) is 23.7 Å². The molecule has 3 saturated carbocycles. The molecule has 0 amide bonds. The van der Waals surface area contributed by atoms with Crippen LogP contribution in [0.1, 0.15) is 42.5 Å². The van der Waals surface area contributed by atoms with Crippen LogP contribution in [0.3, 0.4) is 0 Å². The molecule has 1 aromatic rings. The highest BCUT2D eigenvalue weighted by molar-refractivity contribution is 5.93. The topological polar surface area (TPSA) is 38.7 Å². The van der Waals surface area contributed by atoms with Gasteiger partial charge in [-0.3, -0.25) is 0 Å². The second-order valence-electron chi connectivity index (χ2n) is 6.39. The average Bonchev–Trinajstić information content (AvgIpc) is 3.17. The Kier molecular flexibility index (Phi) is 2.86. The maximum absolute atomic E-state index is 11.9. The van der Waals surface area contributed by atoms with Gasteiger partial charge in [0.2, 0.25) is 0 Å². The molecule has 104 valence electrons. The molecule has 20 heavy (non-hydrogen) atoms. The number of fused-ring (bicyclic) bond motifs is 5. The Bertz CT molecular complexity index is 551. The highest BCUT2D eigenvalue weighted by Crippen LogP contribution is 2.57. The van der Waals surface area contributed by atoms with Gasteiger partial charge in [0.15, 0.2) is 0 Å². The lowest BCUT2D eigenvalue weighted by Crippen LogP contribution is -2.24. The van der Waals surface area contributed by atoms with E-state index in [0.717, 1.165) is 29.9 Å². The first kappa shape index (κ1) is 12.1. The molecule has 0 aliphatic heterocycles. The number of rotatable bonds is 2. The van der Waals surface area contributed by atoms with Crippen LogP contribution in [0.5, 0.6) is 0 Å². The quantitative estimate of drug-likeness (QED) is 0.607. The second-order valence-corrected chi connectivity index (χ2v) is 6.39. The summed E-state index contributed by atoms with van der Waals surface area (Å²) in [7, 11) is 0. The van der Waals surface area contributed by atoms with Crippen molar-refractivity contribution in [3.63, 3.8) is 0 Å². The molecule has 1 aromatic carbocycles. The molecule has 3 aliphatic carbocycles. The molecule has 2 unspecified atom stereocenters. The molecule has 0 spiro atoms. The molecule has 0 saturated heterocycles. The lowest BCUT2D eigenvalue weighted by molar-refractivity contribution is 0.0511. The number of carbonyl (C=O) groups excluding carboxylic acids is 1. The zero-order valence-corrected chi connectivity index (χ0v) is 11.5. The van der Waals surface area contributed by atoms with Gasteiger partial charge in [-0.05, 0) is 55.6 Å². The van der Waals surface area contributed by atoms with Gasteiger partial charge < -0.3 is 4.84 Å². The number of hydrogen-bond donors (Lipinski definition) is 0. The summed E-state index contributed by atoms with van der Waals surface area (Å²) in [4.78, 5) is 17.1. The SMILES string of the molecule is O=C(O/N=C1/C[C@H]2C[C@@H]1C1CCCC12)c1ccccc1. The molecule has 3 aliphatic rings. The van der Waals surface area contributed by atoms with Gasteiger partial charge in [0.1, 0.15) is 0 Å². The molecule has 0 N–H and O–H groups in total. The third-order valence-corrected chi connectivity index (χ3v) is 5.46. The summed E-state index contributed by atoms with van der Waals surface area (Å²) in [6.07, 6.45) is 6.45. The standard InChI is InChI=1S/C17H19NO2/c19-17(11-5-2-1-3-6-11)20-18-16-10-12-9-15(16)14-8-4-7-13(12)14/h1-3,5-6,12-15H,4,7-10H2/b18-16-/t12-,13?,14?,15-/m1/s1. The van der Waals surface area contributed by atoms with E-state index < -0.39 is 0 Å². The van der Waals surface area contributed by atoms with Crippen LogP contribution in [0.15, 0.2) is 35.5 Å². The largest absolute Gasteiger partial charge is 0.365 e. The number of oxime groups is 1. The molecule has 0 aromatic heterocycles. The fourth-order valence-electron chi connectivity index (χ4n) is 4.65. The van der Waals surface area contributed by atoms with Crippen LogP contribution < -0.4 is 0 Å². The van der Waals surface area contributed by atoms with Crippen molar-refractivity contribution in [1.82, 2.24) is 0 Å². The van der Waals surface area contributed by atoms with E-state index in [9.17, 15) is 4.79 Å². The van der Waals surface area contributed by atoms with Gasteiger partial charge >= 0.3 is 5.97 Å². The lowest BCUT2D eigenvalue weighted by Gasteiger charge is -2.25. The minimum absolute atomic E-state index is 0.344.